The van der Waals surface area contributed by atoms with Crippen molar-refractivity contribution in [3.05, 3.63) is 59.7 Å². The zero-order valence-electron chi connectivity index (χ0n) is 11.6. The van der Waals surface area contributed by atoms with Crippen LogP contribution >= 0.6 is 0 Å². The summed E-state index contributed by atoms with van der Waals surface area (Å²) in [5, 5.41) is 2.73. The van der Waals surface area contributed by atoms with Crippen LogP contribution in [0.1, 0.15) is 33.5 Å². The van der Waals surface area contributed by atoms with E-state index in [2.05, 4.69) is 15.3 Å². The smallest absolute Gasteiger partial charge is 0.356 e. The quantitative estimate of drug-likeness (QED) is 0.844. The fourth-order valence-corrected chi connectivity index (χ4v) is 1.65. The molecule has 0 spiro atoms. The van der Waals surface area contributed by atoms with Gasteiger partial charge in [-0.25, -0.2) is 9.78 Å². The van der Waals surface area contributed by atoms with Crippen molar-refractivity contribution in [3.8, 4) is 0 Å². The van der Waals surface area contributed by atoms with Crippen LogP contribution in [-0.2, 0) is 11.3 Å². The Kier molecular flexibility index (Phi) is 4.98. The molecule has 6 heteroatoms. The molecule has 6 nitrogen and oxygen atoms in total. The number of amides is 1. The van der Waals surface area contributed by atoms with Crippen molar-refractivity contribution < 1.29 is 14.3 Å². The molecule has 1 amide bonds. The number of ether oxygens (including phenoxy) is 1. The van der Waals surface area contributed by atoms with Crippen molar-refractivity contribution in [2.24, 2.45) is 0 Å². The molecular weight excluding hydrogens is 270 g/mol. The molecule has 0 aromatic carbocycles. The Morgan fingerprint density at radius 2 is 1.86 bits per heavy atom. The maximum Gasteiger partial charge on any atom is 0.356 e. The molecule has 0 aliphatic rings. The van der Waals surface area contributed by atoms with Crippen LogP contribution in [-0.4, -0.2) is 28.5 Å². The SMILES string of the molecule is CCOC(=O)c1cccc(C(=O)NCc2ccncc2)n1. The largest absolute Gasteiger partial charge is 0.461 e. The summed E-state index contributed by atoms with van der Waals surface area (Å²) in [4.78, 5) is 31.5. The van der Waals surface area contributed by atoms with E-state index in [1.165, 1.54) is 6.07 Å². The van der Waals surface area contributed by atoms with Crippen LogP contribution in [0.15, 0.2) is 42.7 Å². The maximum absolute atomic E-state index is 12.0. The fourth-order valence-electron chi connectivity index (χ4n) is 1.65. The van der Waals surface area contributed by atoms with Crippen LogP contribution < -0.4 is 5.32 Å². The third kappa shape index (κ3) is 4.10. The predicted octanol–water partition coefficient (Wildman–Crippen LogP) is 1.58. The first-order valence-electron chi connectivity index (χ1n) is 6.52. The number of hydrogen-bond donors (Lipinski definition) is 1. The molecule has 0 fully saturated rings. The van der Waals surface area contributed by atoms with Gasteiger partial charge in [-0.2, -0.15) is 0 Å². The topological polar surface area (TPSA) is 81.2 Å². The van der Waals surface area contributed by atoms with E-state index in [4.69, 9.17) is 4.74 Å². The second-order valence-corrected chi connectivity index (χ2v) is 4.17. The molecule has 2 aromatic rings. The van der Waals surface area contributed by atoms with Crippen LogP contribution in [0.5, 0.6) is 0 Å². The van der Waals surface area contributed by atoms with Crippen LogP contribution in [0.4, 0.5) is 0 Å². The summed E-state index contributed by atoms with van der Waals surface area (Å²) in [6, 6.07) is 8.27. The number of carbonyl (C=O) groups excluding carboxylic acids is 2. The van der Waals surface area contributed by atoms with E-state index < -0.39 is 5.97 Å². The van der Waals surface area contributed by atoms with E-state index >= 15 is 0 Å². The van der Waals surface area contributed by atoms with Crippen molar-refractivity contribution in [2.45, 2.75) is 13.5 Å². The summed E-state index contributed by atoms with van der Waals surface area (Å²) >= 11 is 0. The highest BCUT2D eigenvalue weighted by atomic mass is 16.5. The molecule has 21 heavy (non-hydrogen) atoms. The number of rotatable bonds is 5. The average molecular weight is 285 g/mol. The Morgan fingerprint density at radius 3 is 2.57 bits per heavy atom. The molecule has 1 N–H and O–H groups in total. The molecule has 108 valence electrons. The van der Waals surface area contributed by atoms with Crippen molar-refractivity contribution in [3.63, 3.8) is 0 Å². The highest BCUT2D eigenvalue weighted by molar-refractivity contribution is 5.94. The number of nitrogens with zero attached hydrogens (tertiary/aromatic N) is 2. The van der Waals surface area contributed by atoms with Crippen molar-refractivity contribution in [1.29, 1.82) is 0 Å². The number of pyridine rings is 2. The summed E-state index contributed by atoms with van der Waals surface area (Å²) in [5.74, 6) is -0.890. The molecule has 0 unspecified atom stereocenters. The van der Waals surface area contributed by atoms with Crippen LogP contribution in [0, 0.1) is 0 Å². The third-order valence-electron chi connectivity index (χ3n) is 2.67. The van der Waals surface area contributed by atoms with Gasteiger partial charge in [0.2, 0.25) is 0 Å². The van der Waals surface area contributed by atoms with E-state index in [0.717, 1.165) is 5.56 Å². The van der Waals surface area contributed by atoms with E-state index in [-0.39, 0.29) is 23.9 Å². The van der Waals surface area contributed by atoms with Gasteiger partial charge in [-0.15, -0.1) is 0 Å². The molecular formula is C15H15N3O3. The molecule has 2 aromatic heterocycles. The Morgan fingerprint density at radius 1 is 1.14 bits per heavy atom. The van der Waals surface area contributed by atoms with Gasteiger partial charge in [-0.1, -0.05) is 6.07 Å². The summed E-state index contributed by atoms with van der Waals surface area (Å²) in [6.07, 6.45) is 3.31. The lowest BCUT2D eigenvalue weighted by atomic mass is 10.2. The summed E-state index contributed by atoms with van der Waals surface area (Å²) < 4.78 is 4.85. The van der Waals surface area contributed by atoms with Crippen molar-refractivity contribution >= 4 is 11.9 Å². The van der Waals surface area contributed by atoms with E-state index in [0.29, 0.717) is 6.54 Å². The Balaban J connectivity index is 2.02. The summed E-state index contributed by atoms with van der Waals surface area (Å²) in [7, 11) is 0. The lowest BCUT2D eigenvalue weighted by Gasteiger charge is -2.06. The summed E-state index contributed by atoms with van der Waals surface area (Å²) in [5.41, 5.74) is 1.22. The van der Waals surface area contributed by atoms with E-state index in [1.807, 2.05) is 12.1 Å². The Bertz CT molecular complexity index is 629. The molecule has 0 bridgehead atoms. The van der Waals surface area contributed by atoms with Crippen LogP contribution in [0.3, 0.4) is 0 Å². The van der Waals surface area contributed by atoms with Crippen molar-refractivity contribution in [2.75, 3.05) is 6.61 Å². The van der Waals surface area contributed by atoms with Gasteiger partial charge >= 0.3 is 5.97 Å². The Hall–Kier alpha value is -2.76. The van der Waals surface area contributed by atoms with E-state index in [9.17, 15) is 9.59 Å². The van der Waals surface area contributed by atoms with Gasteiger partial charge in [0.1, 0.15) is 11.4 Å². The molecule has 2 rings (SSSR count). The minimum absolute atomic E-state index is 0.119. The van der Waals surface area contributed by atoms with Crippen molar-refractivity contribution in [1.82, 2.24) is 15.3 Å². The van der Waals surface area contributed by atoms with Crippen LogP contribution in [0.2, 0.25) is 0 Å². The predicted molar refractivity (Wildman–Crippen MR) is 75.6 cm³/mol. The van der Waals surface area contributed by atoms with Gasteiger partial charge in [0.15, 0.2) is 0 Å². The maximum atomic E-state index is 12.0. The number of esters is 1. The van der Waals surface area contributed by atoms with Gasteiger partial charge in [0.25, 0.3) is 5.91 Å². The first-order valence-corrected chi connectivity index (χ1v) is 6.52. The minimum atomic E-state index is -0.540. The average Bonchev–Trinajstić information content (AvgIpc) is 2.54. The highest BCUT2D eigenvalue weighted by Crippen LogP contribution is 2.03. The molecule has 2 heterocycles. The number of hydrogen-bond acceptors (Lipinski definition) is 5. The lowest BCUT2D eigenvalue weighted by molar-refractivity contribution is 0.0519. The molecule has 0 saturated carbocycles. The zero-order chi connectivity index (χ0) is 15.1. The standard InChI is InChI=1S/C15H15N3O3/c1-2-21-15(20)13-5-3-4-12(18-13)14(19)17-10-11-6-8-16-9-7-11/h3-9H,2,10H2,1H3,(H,17,19). The molecule has 0 atom stereocenters. The normalized spacial score (nSPS) is 9.95. The minimum Gasteiger partial charge on any atom is -0.461 e. The first-order chi connectivity index (χ1) is 10.2. The molecule has 0 aliphatic heterocycles. The fraction of sp³-hybridized carbons (Fsp3) is 0.200. The van der Waals surface area contributed by atoms with Gasteiger partial charge in [0.05, 0.1) is 6.61 Å². The van der Waals surface area contributed by atoms with Crippen LogP contribution in [0.25, 0.3) is 0 Å². The highest BCUT2D eigenvalue weighted by Gasteiger charge is 2.12. The van der Waals surface area contributed by atoms with Gasteiger partial charge in [0, 0.05) is 18.9 Å². The lowest BCUT2D eigenvalue weighted by Crippen LogP contribution is -2.24. The Labute approximate surface area is 122 Å². The third-order valence-corrected chi connectivity index (χ3v) is 2.67. The second kappa shape index (κ2) is 7.14. The summed E-state index contributed by atoms with van der Waals surface area (Å²) in [6.45, 7) is 2.34. The number of nitrogens with one attached hydrogen (secondary N) is 1. The van der Waals surface area contributed by atoms with Gasteiger partial charge in [-0.3, -0.25) is 9.78 Å². The molecule has 0 saturated heterocycles. The molecule has 0 radical (unpaired) electrons. The van der Waals surface area contributed by atoms with E-state index in [1.54, 1.807) is 31.5 Å². The van der Waals surface area contributed by atoms with Gasteiger partial charge < -0.3 is 10.1 Å². The zero-order valence-corrected chi connectivity index (χ0v) is 11.6. The second-order valence-electron chi connectivity index (χ2n) is 4.17. The number of aromatic nitrogens is 2. The first kappa shape index (κ1) is 14.6. The van der Waals surface area contributed by atoms with Gasteiger partial charge in [-0.05, 0) is 36.8 Å². The number of carbonyl (C=O) groups is 2. The molecule has 0 aliphatic carbocycles. The monoisotopic (exact) mass is 285 g/mol.